The van der Waals surface area contributed by atoms with Crippen molar-refractivity contribution in [2.24, 2.45) is 0 Å². The Morgan fingerprint density at radius 3 is 2.41 bits per heavy atom. The molecule has 2 heterocycles. The second kappa shape index (κ2) is 7.89. The third kappa shape index (κ3) is 4.35. The molecule has 0 aliphatic carbocycles. The maximum atomic E-state index is 12.4. The van der Waals surface area contributed by atoms with Crippen LogP contribution in [0.1, 0.15) is 39.4 Å². The second-order valence-corrected chi connectivity index (χ2v) is 8.02. The second-order valence-electron chi connectivity index (χ2n) is 5.73. The predicted octanol–water partition coefficient (Wildman–Crippen LogP) is 4.53. The van der Waals surface area contributed by atoms with Gasteiger partial charge < -0.3 is 14.8 Å². The highest BCUT2D eigenvalue weighted by Gasteiger charge is 2.25. The van der Waals surface area contributed by atoms with Gasteiger partial charge in [0, 0.05) is 11.1 Å². The normalized spacial score (nSPS) is 11.8. The molecule has 0 aliphatic heterocycles. The number of ketones is 1. The zero-order chi connectivity index (χ0) is 19.6. The highest BCUT2D eigenvalue weighted by Crippen LogP contribution is 2.27. The van der Waals surface area contributed by atoms with Crippen molar-refractivity contribution < 1.29 is 23.9 Å². The Kier molecular flexibility index (Phi) is 5.57. The molecule has 6 nitrogen and oxygen atoms in total. The SMILES string of the molecule is CC(=O)c1ccc(-c2ccc(C(=O)NC(C(=O)O)c3csc(Br)c3)o2)cc1. The third-order valence-electron chi connectivity index (χ3n) is 3.85. The van der Waals surface area contributed by atoms with E-state index in [0.29, 0.717) is 22.5 Å². The molecule has 1 atom stereocenters. The Balaban J connectivity index is 1.77. The van der Waals surface area contributed by atoms with Crippen LogP contribution in [0, 0.1) is 0 Å². The number of hydrogen-bond donors (Lipinski definition) is 2. The number of hydrogen-bond acceptors (Lipinski definition) is 5. The van der Waals surface area contributed by atoms with E-state index in [1.54, 1.807) is 41.8 Å². The molecule has 1 unspecified atom stereocenters. The van der Waals surface area contributed by atoms with Crippen LogP contribution >= 0.6 is 27.3 Å². The number of carboxylic acids is 1. The van der Waals surface area contributed by atoms with Gasteiger partial charge in [-0.3, -0.25) is 9.59 Å². The van der Waals surface area contributed by atoms with E-state index in [-0.39, 0.29) is 11.5 Å². The summed E-state index contributed by atoms with van der Waals surface area (Å²) in [5.41, 5.74) is 1.75. The molecule has 0 fully saturated rings. The summed E-state index contributed by atoms with van der Waals surface area (Å²) in [5.74, 6) is -1.39. The molecule has 0 spiro atoms. The summed E-state index contributed by atoms with van der Waals surface area (Å²) in [7, 11) is 0. The van der Waals surface area contributed by atoms with Crippen molar-refractivity contribution in [2.45, 2.75) is 13.0 Å². The highest BCUT2D eigenvalue weighted by atomic mass is 79.9. The molecule has 0 saturated carbocycles. The van der Waals surface area contributed by atoms with Gasteiger partial charge in [-0.15, -0.1) is 11.3 Å². The van der Waals surface area contributed by atoms with Crippen LogP contribution in [0.25, 0.3) is 11.3 Å². The Bertz CT molecular complexity index is 1010. The van der Waals surface area contributed by atoms with Crippen molar-refractivity contribution in [1.82, 2.24) is 5.32 Å². The molecule has 138 valence electrons. The van der Waals surface area contributed by atoms with Crippen molar-refractivity contribution in [2.75, 3.05) is 0 Å². The fraction of sp³-hybridized carbons (Fsp3) is 0.105. The van der Waals surface area contributed by atoms with Crippen LogP contribution < -0.4 is 5.32 Å². The fourth-order valence-electron chi connectivity index (χ4n) is 2.45. The van der Waals surface area contributed by atoms with Crippen LogP contribution in [0.15, 0.2) is 56.0 Å². The van der Waals surface area contributed by atoms with E-state index < -0.39 is 17.9 Å². The van der Waals surface area contributed by atoms with Gasteiger partial charge in [0.2, 0.25) is 0 Å². The quantitative estimate of drug-likeness (QED) is 0.541. The average molecular weight is 448 g/mol. The molecule has 1 amide bonds. The Hall–Kier alpha value is -2.71. The molecule has 0 aliphatic rings. The molecule has 27 heavy (non-hydrogen) atoms. The van der Waals surface area contributed by atoms with E-state index >= 15 is 0 Å². The first kappa shape index (κ1) is 19.1. The summed E-state index contributed by atoms with van der Waals surface area (Å²) in [6.07, 6.45) is 0. The summed E-state index contributed by atoms with van der Waals surface area (Å²) >= 11 is 4.61. The van der Waals surface area contributed by atoms with E-state index in [9.17, 15) is 19.5 Å². The van der Waals surface area contributed by atoms with Crippen LogP contribution in [0.3, 0.4) is 0 Å². The Morgan fingerprint density at radius 1 is 1.15 bits per heavy atom. The number of furan rings is 1. The van der Waals surface area contributed by atoms with E-state index in [1.807, 2.05) is 0 Å². The van der Waals surface area contributed by atoms with Gasteiger partial charge in [0.1, 0.15) is 5.76 Å². The van der Waals surface area contributed by atoms with Crippen LogP contribution in [0.2, 0.25) is 0 Å². The molecule has 0 saturated heterocycles. The van der Waals surface area contributed by atoms with Gasteiger partial charge in [-0.1, -0.05) is 24.3 Å². The number of benzene rings is 1. The average Bonchev–Trinajstić information content (AvgIpc) is 3.28. The number of amides is 1. The first-order chi connectivity index (χ1) is 12.8. The number of Topliss-reactive ketones (excluding diaryl/α,β-unsaturated/α-hetero) is 1. The number of carbonyl (C=O) groups is 3. The minimum atomic E-state index is -1.18. The molecule has 3 aromatic rings. The lowest BCUT2D eigenvalue weighted by Crippen LogP contribution is -2.33. The lowest BCUT2D eigenvalue weighted by atomic mass is 10.1. The topological polar surface area (TPSA) is 96.6 Å². The van der Waals surface area contributed by atoms with Crippen LogP contribution in [0.4, 0.5) is 0 Å². The van der Waals surface area contributed by atoms with E-state index in [0.717, 1.165) is 3.79 Å². The van der Waals surface area contributed by atoms with Gasteiger partial charge in [0.25, 0.3) is 5.91 Å². The minimum absolute atomic E-state index is 0.00110. The number of carbonyl (C=O) groups excluding carboxylic acids is 2. The molecule has 3 rings (SSSR count). The highest BCUT2D eigenvalue weighted by molar-refractivity contribution is 9.11. The smallest absolute Gasteiger partial charge is 0.330 e. The molecular formula is C19H14BrNO5S. The molecular weight excluding hydrogens is 434 g/mol. The number of nitrogens with one attached hydrogen (secondary N) is 1. The fourth-order valence-corrected chi connectivity index (χ4v) is 3.65. The first-order valence-corrected chi connectivity index (χ1v) is 9.51. The van der Waals surface area contributed by atoms with Crippen molar-refractivity contribution in [3.63, 3.8) is 0 Å². The van der Waals surface area contributed by atoms with Gasteiger partial charge >= 0.3 is 5.97 Å². The van der Waals surface area contributed by atoms with Gasteiger partial charge in [-0.25, -0.2) is 4.79 Å². The number of aliphatic carboxylic acids is 1. The Morgan fingerprint density at radius 2 is 1.85 bits per heavy atom. The molecule has 2 aromatic heterocycles. The summed E-state index contributed by atoms with van der Waals surface area (Å²) < 4.78 is 6.33. The van der Waals surface area contributed by atoms with Gasteiger partial charge in [0.05, 0.1) is 3.79 Å². The number of halogens is 1. The minimum Gasteiger partial charge on any atom is -0.479 e. The molecule has 8 heteroatoms. The third-order valence-corrected chi connectivity index (χ3v) is 5.37. The molecule has 2 N–H and O–H groups in total. The Labute approximate surface area is 167 Å². The maximum absolute atomic E-state index is 12.4. The van der Waals surface area contributed by atoms with Crippen molar-refractivity contribution in [1.29, 1.82) is 0 Å². The van der Waals surface area contributed by atoms with E-state index in [1.165, 1.54) is 24.3 Å². The van der Waals surface area contributed by atoms with Gasteiger partial charge in [0.15, 0.2) is 17.6 Å². The monoisotopic (exact) mass is 447 g/mol. The maximum Gasteiger partial charge on any atom is 0.330 e. The summed E-state index contributed by atoms with van der Waals surface area (Å²) in [5, 5.41) is 13.5. The lowest BCUT2D eigenvalue weighted by molar-refractivity contribution is -0.139. The largest absolute Gasteiger partial charge is 0.479 e. The zero-order valence-electron chi connectivity index (χ0n) is 14.1. The summed E-state index contributed by atoms with van der Waals surface area (Å²) in [6.45, 7) is 1.48. The van der Waals surface area contributed by atoms with Gasteiger partial charge in [-0.05, 0) is 52.0 Å². The van der Waals surface area contributed by atoms with E-state index in [2.05, 4.69) is 21.2 Å². The van der Waals surface area contributed by atoms with Crippen LogP contribution in [-0.2, 0) is 4.79 Å². The molecule has 1 aromatic carbocycles. The summed E-state index contributed by atoms with van der Waals surface area (Å²) in [4.78, 5) is 35.2. The zero-order valence-corrected chi connectivity index (χ0v) is 16.5. The molecule has 0 radical (unpaired) electrons. The van der Waals surface area contributed by atoms with Gasteiger partial charge in [-0.2, -0.15) is 0 Å². The van der Waals surface area contributed by atoms with Crippen molar-refractivity contribution in [3.8, 4) is 11.3 Å². The van der Waals surface area contributed by atoms with Crippen molar-refractivity contribution >= 4 is 44.9 Å². The standard InChI is InChI=1S/C19H14BrNO5S/c1-10(22)11-2-4-12(5-3-11)14-6-7-15(26-14)18(23)21-17(19(24)25)13-8-16(20)27-9-13/h2-9,17H,1H3,(H,21,23)(H,24,25). The van der Waals surface area contributed by atoms with E-state index in [4.69, 9.17) is 4.42 Å². The number of carboxylic acid groups (broad SMARTS) is 1. The number of thiophene rings is 1. The predicted molar refractivity (Wildman–Crippen MR) is 104 cm³/mol. The molecule has 0 bridgehead atoms. The summed E-state index contributed by atoms with van der Waals surface area (Å²) in [6, 6.07) is 10.4. The lowest BCUT2D eigenvalue weighted by Gasteiger charge is -2.12. The van der Waals surface area contributed by atoms with Crippen molar-refractivity contribution in [3.05, 3.63) is 68.5 Å². The van der Waals surface area contributed by atoms with Crippen LogP contribution in [0.5, 0.6) is 0 Å². The first-order valence-electron chi connectivity index (χ1n) is 7.84. The number of rotatable bonds is 6. The van der Waals surface area contributed by atoms with Crippen LogP contribution in [-0.4, -0.2) is 22.8 Å².